The topological polar surface area (TPSA) is 126 Å². The highest BCUT2D eigenvalue weighted by Crippen LogP contribution is 2.25. The third-order valence-electron chi connectivity index (χ3n) is 3.39. The molecule has 0 aliphatic heterocycles. The van der Waals surface area contributed by atoms with Gasteiger partial charge in [0.15, 0.2) is 5.78 Å². The fourth-order valence-electron chi connectivity index (χ4n) is 2.32. The van der Waals surface area contributed by atoms with Gasteiger partial charge >= 0.3 is 0 Å². The lowest BCUT2D eigenvalue weighted by atomic mass is 10.00. The maximum Gasteiger partial charge on any atom is 0.276 e. The number of nitrogens with two attached hydrogens (primary N) is 1. The van der Waals surface area contributed by atoms with Gasteiger partial charge in [0.1, 0.15) is 0 Å². The molecule has 1 heterocycles. The number of fused-ring (bicyclic) bond motifs is 1. The van der Waals surface area contributed by atoms with Crippen LogP contribution >= 0.6 is 0 Å². The minimum atomic E-state index is -0.630. The zero-order chi connectivity index (χ0) is 16.6. The maximum absolute atomic E-state index is 12.6. The molecule has 3 rings (SSSR count). The molecule has 0 spiro atoms. The molecule has 2 N–H and O–H groups in total. The van der Waals surface area contributed by atoms with Crippen molar-refractivity contribution in [1.82, 2.24) is 5.10 Å². The number of anilines is 1. The van der Waals surface area contributed by atoms with Gasteiger partial charge in [0.05, 0.1) is 21.9 Å². The molecular weight excluding hydrogens is 300 g/mol. The van der Waals surface area contributed by atoms with Gasteiger partial charge in [-0.05, 0) is 10.9 Å². The first-order valence-electron chi connectivity index (χ1n) is 6.56. The molecule has 0 atom stereocenters. The second-order valence-electron chi connectivity index (χ2n) is 4.79. The molecule has 0 saturated carbocycles. The molecule has 8 heteroatoms. The maximum atomic E-state index is 12.6. The second kappa shape index (κ2) is 5.34. The summed E-state index contributed by atoms with van der Waals surface area (Å²) >= 11 is 0. The molecule has 23 heavy (non-hydrogen) atoms. The molecule has 0 radical (unpaired) electrons. The number of nitrogens with zero attached hydrogens (tertiary/aromatic N) is 3. The van der Waals surface area contributed by atoms with Crippen LogP contribution in [-0.2, 0) is 0 Å². The first-order valence-corrected chi connectivity index (χ1v) is 6.56. The van der Waals surface area contributed by atoms with Gasteiger partial charge in [0.2, 0.25) is 5.82 Å². The van der Waals surface area contributed by atoms with Crippen molar-refractivity contribution in [2.75, 3.05) is 5.73 Å². The molecule has 1 aromatic heterocycles. The Hall–Kier alpha value is -3.55. The molecule has 0 unspecified atom stereocenters. The number of hydrogen-bond donors (Lipinski definition) is 1. The number of hydrogen-bond acceptors (Lipinski definition) is 6. The number of nitro groups is 1. The first kappa shape index (κ1) is 14.4. The second-order valence-corrected chi connectivity index (χ2v) is 4.79. The van der Waals surface area contributed by atoms with Gasteiger partial charge in [-0.1, -0.05) is 30.3 Å². The molecule has 8 nitrogen and oxygen atoms in total. The van der Waals surface area contributed by atoms with Gasteiger partial charge in [-0.3, -0.25) is 14.9 Å². The van der Waals surface area contributed by atoms with E-state index in [0.717, 1.165) is 6.07 Å². The van der Waals surface area contributed by atoms with Crippen molar-refractivity contribution in [3.8, 4) is 0 Å². The molecule has 3 aromatic rings. The highest BCUT2D eigenvalue weighted by atomic mass is 16.6. The van der Waals surface area contributed by atoms with Crippen molar-refractivity contribution >= 4 is 28.2 Å². The van der Waals surface area contributed by atoms with Gasteiger partial charge < -0.3 is 10.9 Å². The van der Waals surface area contributed by atoms with Crippen LogP contribution in [0.5, 0.6) is 0 Å². The fourth-order valence-corrected chi connectivity index (χ4v) is 2.32. The SMILES string of the molecule is Nc1n[n+]([O-])c2cc([N+](=O)[O-])ccc2c1C(=O)c1ccccc1. The highest BCUT2D eigenvalue weighted by molar-refractivity contribution is 6.18. The van der Waals surface area contributed by atoms with E-state index in [1.165, 1.54) is 12.1 Å². The number of nitrogen functional groups attached to an aromatic ring is 1. The van der Waals surface area contributed by atoms with Gasteiger partial charge in [0, 0.05) is 16.7 Å². The molecule has 0 aliphatic carbocycles. The Morgan fingerprint density at radius 3 is 2.52 bits per heavy atom. The van der Waals surface area contributed by atoms with E-state index in [9.17, 15) is 20.1 Å². The molecule has 0 aliphatic rings. The van der Waals surface area contributed by atoms with E-state index in [0.29, 0.717) is 5.56 Å². The highest BCUT2D eigenvalue weighted by Gasteiger charge is 2.24. The third kappa shape index (κ3) is 2.42. The summed E-state index contributed by atoms with van der Waals surface area (Å²) in [6.07, 6.45) is 0. The van der Waals surface area contributed by atoms with Crippen molar-refractivity contribution in [3.05, 3.63) is 75.0 Å². The Labute approximate surface area is 129 Å². The van der Waals surface area contributed by atoms with Crippen LogP contribution in [0.25, 0.3) is 10.9 Å². The zero-order valence-corrected chi connectivity index (χ0v) is 11.7. The normalized spacial score (nSPS) is 10.6. The largest absolute Gasteiger partial charge is 0.594 e. The minimum absolute atomic E-state index is 0.0493. The first-order chi connectivity index (χ1) is 11.0. The van der Waals surface area contributed by atoms with Crippen molar-refractivity contribution in [2.24, 2.45) is 0 Å². The monoisotopic (exact) mass is 310 g/mol. The number of carbonyl (C=O) groups is 1. The van der Waals surface area contributed by atoms with E-state index < -0.39 is 10.7 Å². The Morgan fingerprint density at radius 1 is 1.17 bits per heavy atom. The van der Waals surface area contributed by atoms with Crippen LogP contribution in [0.1, 0.15) is 15.9 Å². The number of aromatic nitrogens is 2. The summed E-state index contributed by atoms with van der Waals surface area (Å²) in [5, 5.41) is 26.5. The molecule has 0 saturated heterocycles. The number of carbonyl (C=O) groups excluding carboxylic acids is 1. The molecule has 0 fully saturated rings. The third-order valence-corrected chi connectivity index (χ3v) is 3.39. The molecular formula is C15H10N4O4. The van der Waals surface area contributed by atoms with E-state index in [-0.39, 0.29) is 32.8 Å². The summed E-state index contributed by atoms with van der Waals surface area (Å²) < 4.78 is 0. The number of non-ortho nitro benzene ring substituents is 1. The number of benzene rings is 2. The summed E-state index contributed by atoms with van der Waals surface area (Å²) in [7, 11) is 0. The van der Waals surface area contributed by atoms with E-state index in [1.54, 1.807) is 30.3 Å². The predicted octanol–water partition coefficient (Wildman–Crippen LogP) is 1.59. The van der Waals surface area contributed by atoms with Crippen LogP contribution in [0.3, 0.4) is 0 Å². The van der Waals surface area contributed by atoms with Crippen LogP contribution in [0.2, 0.25) is 0 Å². The lowest BCUT2D eigenvalue weighted by Gasteiger charge is -2.07. The average Bonchev–Trinajstić information content (AvgIpc) is 2.55. The minimum Gasteiger partial charge on any atom is -0.594 e. The lowest BCUT2D eigenvalue weighted by molar-refractivity contribution is -0.641. The summed E-state index contributed by atoms with van der Waals surface area (Å²) in [5.41, 5.74) is 5.80. The van der Waals surface area contributed by atoms with E-state index in [2.05, 4.69) is 5.10 Å². The summed E-state index contributed by atoms with van der Waals surface area (Å²) in [6.45, 7) is 0. The summed E-state index contributed by atoms with van der Waals surface area (Å²) in [4.78, 5) is 23.0. The van der Waals surface area contributed by atoms with E-state index in [1.807, 2.05) is 0 Å². The number of rotatable bonds is 3. The Morgan fingerprint density at radius 2 is 1.87 bits per heavy atom. The van der Waals surface area contributed by atoms with Crippen molar-refractivity contribution in [3.63, 3.8) is 0 Å². The Kier molecular flexibility index (Phi) is 3.34. The van der Waals surface area contributed by atoms with Crippen LogP contribution in [0.15, 0.2) is 48.5 Å². The lowest BCUT2D eigenvalue weighted by Crippen LogP contribution is -2.34. The quantitative estimate of drug-likeness (QED) is 0.257. The Bertz CT molecular complexity index is 941. The van der Waals surface area contributed by atoms with Crippen molar-refractivity contribution in [1.29, 1.82) is 0 Å². The zero-order valence-electron chi connectivity index (χ0n) is 11.7. The Balaban J connectivity index is 2.29. The smallest absolute Gasteiger partial charge is 0.276 e. The number of nitro benzene ring substituents is 1. The van der Waals surface area contributed by atoms with Crippen LogP contribution in [0, 0.1) is 15.3 Å². The predicted molar refractivity (Wildman–Crippen MR) is 81.6 cm³/mol. The fraction of sp³-hybridized carbons (Fsp3) is 0. The van der Waals surface area contributed by atoms with Crippen molar-refractivity contribution < 1.29 is 14.6 Å². The van der Waals surface area contributed by atoms with Crippen molar-refractivity contribution in [2.45, 2.75) is 0 Å². The van der Waals surface area contributed by atoms with Gasteiger partial charge in [-0.15, -0.1) is 0 Å². The summed E-state index contributed by atoms with van der Waals surface area (Å²) in [6, 6.07) is 12.0. The van der Waals surface area contributed by atoms with Crippen LogP contribution in [0.4, 0.5) is 11.5 Å². The van der Waals surface area contributed by atoms with Gasteiger partial charge in [-0.2, -0.15) is 0 Å². The average molecular weight is 310 g/mol. The van der Waals surface area contributed by atoms with E-state index in [4.69, 9.17) is 5.73 Å². The molecule has 0 bridgehead atoms. The molecule has 2 aromatic carbocycles. The standard InChI is InChI=1S/C15H10N4O4/c16-15-13(14(20)9-4-2-1-3-5-9)11-7-6-10(19(22)23)8-12(11)18(21)17-15/h1-8H,(H2,16,17). The number of ketones is 1. The molecule has 0 amide bonds. The van der Waals surface area contributed by atoms with Crippen LogP contribution in [-0.4, -0.2) is 15.8 Å². The summed E-state index contributed by atoms with van der Waals surface area (Å²) in [5.74, 6) is -0.634. The van der Waals surface area contributed by atoms with Gasteiger partial charge in [0.25, 0.3) is 11.2 Å². The van der Waals surface area contributed by atoms with Gasteiger partial charge in [-0.25, -0.2) is 0 Å². The van der Waals surface area contributed by atoms with Crippen LogP contribution < -0.4 is 10.6 Å². The van der Waals surface area contributed by atoms with E-state index >= 15 is 0 Å². The molecule has 114 valence electrons.